The van der Waals surface area contributed by atoms with Gasteiger partial charge >= 0.3 is 0 Å². The molecule has 4 heteroatoms. The summed E-state index contributed by atoms with van der Waals surface area (Å²) in [4.78, 5) is 10.6. The van der Waals surface area contributed by atoms with Crippen LogP contribution in [0.3, 0.4) is 0 Å². The molecule has 0 saturated carbocycles. The first-order valence-electron chi connectivity index (χ1n) is 3.89. The zero-order valence-corrected chi connectivity index (χ0v) is 7.08. The normalized spacial score (nSPS) is 10.3. The molecule has 0 spiro atoms. The molecule has 0 aliphatic heterocycles. The number of H-pyrrole nitrogens is 1. The highest BCUT2D eigenvalue weighted by Gasteiger charge is 2.03. The Labute approximate surface area is 74.7 Å². The standard InChI is InChI=1S/C9H8FN3/c1-6-4-7(5-13-8(6)10)9-11-2-3-12-9/h2-5H,1H3,(H,11,12). The number of aryl methyl sites for hydroxylation is 1. The van der Waals surface area contributed by atoms with Gasteiger partial charge in [0.25, 0.3) is 0 Å². The average molecular weight is 177 g/mol. The van der Waals surface area contributed by atoms with Crippen molar-refractivity contribution >= 4 is 0 Å². The molecule has 3 nitrogen and oxygen atoms in total. The van der Waals surface area contributed by atoms with Gasteiger partial charge in [-0.1, -0.05) is 0 Å². The Bertz CT molecular complexity index is 409. The highest BCUT2D eigenvalue weighted by atomic mass is 19.1. The molecule has 0 aromatic carbocycles. The molecule has 2 heterocycles. The van der Waals surface area contributed by atoms with Gasteiger partial charge < -0.3 is 4.98 Å². The average Bonchev–Trinajstić information content (AvgIpc) is 2.62. The van der Waals surface area contributed by atoms with Crippen LogP contribution in [0, 0.1) is 12.9 Å². The molecule has 0 bridgehead atoms. The van der Waals surface area contributed by atoms with E-state index in [0.29, 0.717) is 11.4 Å². The van der Waals surface area contributed by atoms with Crippen LogP contribution < -0.4 is 0 Å². The number of aromatic nitrogens is 3. The first kappa shape index (κ1) is 7.91. The van der Waals surface area contributed by atoms with Gasteiger partial charge in [-0.3, -0.25) is 0 Å². The fraction of sp³-hybridized carbons (Fsp3) is 0.111. The highest BCUT2D eigenvalue weighted by molar-refractivity contribution is 5.53. The second kappa shape index (κ2) is 2.97. The van der Waals surface area contributed by atoms with E-state index >= 15 is 0 Å². The maximum Gasteiger partial charge on any atom is 0.215 e. The third kappa shape index (κ3) is 1.42. The van der Waals surface area contributed by atoms with E-state index in [-0.39, 0.29) is 0 Å². The third-order valence-corrected chi connectivity index (χ3v) is 1.79. The summed E-state index contributed by atoms with van der Waals surface area (Å²) in [5, 5.41) is 0. The number of imidazole rings is 1. The smallest absolute Gasteiger partial charge is 0.215 e. The summed E-state index contributed by atoms with van der Waals surface area (Å²) in [5.41, 5.74) is 1.32. The summed E-state index contributed by atoms with van der Waals surface area (Å²) in [6, 6.07) is 1.71. The van der Waals surface area contributed by atoms with Crippen LogP contribution in [-0.2, 0) is 0 Å². The fourth-order valence-electron chi connectivity index (χ4n) is 1.11. The van der Waals surface area contributed by atoms with Crippen LogP contribution in [0.15, 0.2) is 24.7 Å². The molecule has 2 aromatic rings. The predicted molar refractivity (Wildman–Crippen MR) is 46.5 cm³/mol. The van der Waals surface area contributed by atoms with Crippen molar-refractivity contribution in [1.82, 2.24) is 15.0 Å². The molecule has 0 amide bonds. The van der Waals surface area contributed by atoms with Crippen LogP contribution in [0.2, 0.25) is 0 Å². The Kier molecular flexibility index (Phi) is 1.81. The molecule has 2 aromatic heterocycles. The van der Waals surface area contributed by atoms with Crippen LogP contribution in [0.4, 0.5) is 4.39 Å². The Morgan fingerprint density at radius 2 is 2.23 bits per heavy atom. The second-order valence-corrected chi connectivity index (χ2v) is 2.77. The van der Waals surface area contributed by atoms with Crippen molar-refractivity contribution in [3.8, 4) is 11.4 Å². The van der Waals surface area contributed by atoms with Crippen molar-refractivity contribution in [3.05, 3.63) is 36.2 Å². The lowest BCUT2D eigenvalue weighted by Gasteiger charge is -1.98. The minimum atomic E-state index is -0.435. The molecule has 2 rings (SSSR count). The first-order valence-corrected chi connectivity index (χ1v) is 3.89. The van der Waals surface area contributed by atoms with Gasteiger partial charge in [-0.05, 0) is 13.0 Å². The molecule has 13 heavy (non-hydrogen) atoms. The summed E-state index contributed by atoms with van der Waals surface area (Å²) in [7, 11) is 0. The Morgan fingerprint density at radius 3 is 2.85 bits per heavy atom. The van der Waals surface area contributed by atoms with E-state index in [1.165, 1.54) is 6.20 Å². The van der Waals surface area contributed by atoms with Crippen LogP contribution in [0.1, 0.15) is 5.56 Å². The monoisotopic (exact) mass is 177 g/mol. The molecule has 0 unspecified atom stereocenters. The molecular weight excluding hydrogens is 169 g/mol. The van der Waals surface area contributed by atoms with Crippen LogP contribution in [-0.4, -0.2) is 15.0 Å². The number of pyridine rings is 1. The Morgan fingerprint density at radius 1 is 1.38 bits per heavy atom. The number of hydrogen-bond donors (Lipinski definition) is 1. The minimum absolute atomic E-state index is 0.435. The van der Waals surface area contributed by atoms with Gasteiger partial charge in [-0.2, -0.15) is 4.39 Å². The molecule has 66 valence electrons. The zero-order valence-electron chi connectivity index (χ0n) is 7.08. The summed E-state index contributed by atoms with van der Waals surface area (Å²) < 4.78 is 12.8. The van der Waals surface area contributed by atoms with E-state index in [1.807, 2.05) is 0 Å². The van der Waals surface area contributed by atoms with Gasteiger partial charge in [0.05, 0.1) is 0 Å². The number of nitrogens with zero attached hydrogens (tertiary/aromatic N) is 2. The molecule has 0 saturated heterocycles. The summed E-state index contributed by atoms with van der Waals surface area (Å²) in [6.07, 6.45) is 4.82. The van der Waals surface area contributed by atoms with E-state index in [2.05, 4.69) is 15.0 Å². The van der Waals surface area contributed by atoms with Crippen molar-refractivity contribution in [2.45, 2.75) is 6.92 Å². The maximum atomic E-state index is 12.8. The maximum absolute atomic E-state index is 12.8. The topological polar surface area (TPSA) is 41.6 Å². The third-order valence-electron chi connectivity index (χ3n) is 1.79. The summed E-state index contributed by atoms with van der Waals surface area (Å²) in [5.74, 6) is 0.269. The van der Waals surface area contributed by atoms with Crippen LogP contribution in [0.25, 0.3) is 11.4 Å². The van der Waals surface area contributed by atoms with Gasteiger partial charge in [0, 0.05) is 29.7 Å². The quantitative estimate of drug-likeness (QED) is 0.676. The van der Waals surface area contributed by atoms with E-state index in [0.717, 1.165) is 5.56 Å². The molecule has 0 radical (unpaired) electrons. The lowest BCUT2D eigenvalue weighted by atomic mass is 10.2. The van der Waals surface area contributed by atoms with Gasteiger partial charge in [-0.25, -0.2) is 9.97 Å². The number of rotatable bonds is 1. The lowest BCUT2D eigenvalue weighted by Crippen LogP contribution is -1.90. The predicted octanol–water partition coefficient (Wildman–Crippen LogP) is 1.92. The number of halogens is 1. The summed E-state index contributed by atoms with van der Waals surface area (Å²) in [6.45, 7) is 1.68. The van der Waals surface area contributed by atoms with Gasteiger partial charge in [0.2, 0.25) is 5.95 Å². The Hall–Kier alpha value is -1.71. The molecule has 0 aliphatic carbocycles. The SMILES string of the molecule is Cc1cc(-c2ncc[nH]2)cnc1F. The van der Waals surface area contributed by atoms with Gasteiger partial charge in [0.1, 0.15) is 5.82 Å². The highest BCUT2D eigenvalue weighted by Crippen LogP contribution is 2.15. The molecule has 0 atom stereocenters. The fourth-order valence-corrected chi connectivity index (χ4v) is 1.11. The number of aromatic amines is 1. The van der Waals surface area contributed by atoms with Crippen LogP contribution in [0.5, 0.6) is 0 Å². The van der Waals surface area contributed by atoms with E-state index in [4.69, 9.17) is 0 Å². The van der Waals surface area contributed by atoms with Crippen molar-refractivity contribution < 1.29 is 4.39 Å². The molecular formula is C9H8FN3. The number of hydrogen-bond acceptors (Lipinski definition) is 2. The second-order valence-electron chi connectivity index (χ2n) is 2.77. The lowest BCUT2D eigenvalue weighted by molar-refractivity contribution is 0.575. The minimum Gasteiger partial charge on any atom is -0.345 e. The number of nitrogens with one attached hydrogen (secondary N) is 1. The van der Waals surface area contributed by atoms with Gasteiger partial charge in [0.15, 0.2) is 0 Å². The van der Waals surface area contributed by atoms with Crippen molar-refractivity contribution in [2.75, 3.05) is 0 Å². The van der Waals surface area contributed by atoms with E-state index in [9.17, 15) is 4.39 Å². The van der Waals surface area contributed by atoms with Crippen molar-refractivity contribution in [2.24, 2.45) is 0 Å². The molecule has 0 fully saturated rings. The van der Waals surface area contributed by atoms with Gasteiger partial charge in [-0.15, -0.1) is 0 Å². The molecule has 1 N–H and O–H groups in total. The van der Waals surface area contributed by atoms with E-state index in [1.54, 1.807) is 25.4 Å². The van der Waals surface area contributed by atoms with E-state index < -0.39 is 5.95 Å². The first-order chi connectivity index (χ1) is 6.27. The zero-order chi connectivity index (χ0) is 9.26. The molecule has 0 aliphatic rings. The largest absolute Gasteiger partial charge is 0.345 e. The van der Waals surface area contributed by atoms with Crippen LogP contribution >= 0.6 is 0 Å². The summed E-state index contributed by atoms with van der Waals surface area (Å²) >= 11 is 0. The Balaban J connectivity index is 2.49. The van der Waals surface area contributed by atoms with Crippen molar-refractivity contribution in [3.63, 3.8) is 0 Å². The van der Waals surface area contributed by atoms with Crippen molar-refractivity contribution in [1.29, 1.82) is 0 Å².